The molecule has 1 unspecified atom stereocenters. The van der Waals surface area contributed by atoms with Gasteiger partial charge in [0.15, 0.2) is 0 Å². The predicted molar refractivity (Wildman–Crippen MR) is 56.9 cm³/mol. The molecular weight excluding hydrogens is 191 g/mol. The number of rotatable bonds is 2. The van der Waals surface area contributed by atoms with Gasteiger partial charge in [-0.3, -0.25) is 0 Å². The van der Waals surface area contributed by atoms with Gasteiger partial charge in [0, 0.05) is 0 Å². The predicted octanol–water partition coefficient (Wildman–Crippen LogP) is 2.91. The maximum Gasteiger partial charge on any atom is 0.123 e. The van der Waals surface area contributed by atoms with E-state index < -0.39 is 6.10 Å². The van der Waals surface area contributed by atoms with E-state index in [0.29, 0.717) is 5.56 Å². The first-order valence-corrected chi connectivity index (χ1v) is 4.76. The van der Waals surface area contributed by atoms with E-state index in [-0.39, 0.29) is 5.82 Å². The minimum Gasteiger partial charge on any atom is -0.384 e. The molecule has 0 aliphatic carbocycles. The molecular formula is C13H11FO. The molecule has 0 heterocycles. The molecule has 2 rings (SSSR count). The van der Waals surface area contributed by atoms with Crippen LogP contribution in [-0.2, 0) is 0 Å². The van der Waals surface area contributed by atoms with Gasteiger partial charge in [-0.1, -0.05) is 42.5 Å². The van der Waals surface area contributed by atoms with Crippen molar-refractivity contribution in [2.45, 2.75) is 6.10 Å². The Hall–Kier alpha value is -1.67. The quantitative estimate of drug-likeness (QED) is 0.793. The van der Waals surface area contributed by atoms with E-state index in [1.807, 2.05) is 30.3 Å². The number of benzene rings is 2. The Labute approximate surface area is 87.8 Å². The van der Waals surface area contributed by atoms with Crippen molar-refractivity contribution in [3.63, 3.8) is 0 Å². The second kappa shape index (κ2) is 4.24. The smallest absolute Gasteiger partial charge is 0.123 e. The highest BCUT2D eigenvalue weighted by atomic mass is 19.1. The molecule has 0 fully saturated rings. The molecule has 2 heteroatoms. The van der Waals surface area contributed by atoms with E-state index in [2.05, 4.69) is 0 Å². The molecule has 0 aliphatic heterocycles. The Bertz CT molecular complexity index is 439. The molecule has 2 aromatic rings. The van der Waals surface area contributed by atoms with Gasteiger partial charge >= 0.3 is 0 Å². The summed E-state index contributed by atoms with van der Waals surface area (Å²) in [7, 11) is 0. The van der Waals surface area contributed by atoms with Crippen LogP contribution in [-0.4, -0.2) is 5.11 Å². The molecule has 1 atom stereocenters. The third-order valence-electron chi connectivity index (χ3n) is 2.28. The Morgan fingerprint density at radius 3 is 2.20 bits per heavy atom. The largest absolute Gasteiger partial charge is 0.384 e. The van der Waals surface area contributed by atoms with Crippen molar-refractivity contribution in [3.8, 4) is 0 Å². The maximum atomic E-state index is 12.9. The van der Waals surface area contributed by atoms with Crippen molar-refractivity contribution < 1.29 is 9.50 Å². The van der Waals surface area contributed by atoms with Gasteiger partial charge < -0.3 is 5.11 Å². The average Bonchev–Trinajstić information content (AvgIpc) is 2.29. The minimum absolute atomic E-state index is 0.331. The van der Waals surface area contributed by atoms with Crippen molar-refractivity contribution in [1.29, 1.82) is 0 Å². The second-order valence-electron chi connectivity index (χ2n) is 3.37. The van der Waals surface area contributed by atoms with Gasteiger partial charge in [-0.15, -0.1) is 0 Å². The highest BCUT2D eigenvalue weighted by Crippen LogP contribution is 2.21. The van der Waals surface area contributed by atoms with E-state index in [1.165, 1.54) is 12.1 Å². The second-order valence-corrected chi connectivity index (χ2v) is 3.37. The molecule has 0 amide bonds. The zero-order valence-electron chi connectivity index (χ0n) is 8.10. The van der Waals surface area contributed by atoms with Crippen LogP contribution in [0.5, 0.6) is 0 Å². The summed E-state index contributed by atoms with van der Waals surface area (Å²) in [5.41, 5.74) is 1.34. The van der Waals surface area contributed by atoms with E-state index >= 15 is 0 Å². The lowest BCUT2D eigenvalue weighted by Gasteiger charge is -2.10. The van der Waals surface area contributed by atoms with Gasteiger partial charge in [-0.25, -0.2) is 4.39 Å². The Morgan fingerprint density at radius 1 is 0.867 bits per heavy atom. The normalized spacial score (nSPS) is 12.4. The maximum absolute atomic E-state index is 12.9. The molecule has 1 N–H and O–H groups in total. The van der Waals surface area contributed by atoms with Crippen molar-refractivity contribution in [2.24, 2.45) is 0 Å². The van der Waals surface area contributed by atoms with E-state index in [1.54, 1.807) is 12.1 Å². The zero-order valence-corrected chi connectivity index (χ0v) is 8.10. The molecule has 0 saturated carbocycles. The highest BCUT2D eigenvalue weighted by molar-refractivity contribution is 5.29. The first-order valence-electron chi connectivity index (χ1n) is 4.76. The fraction of sp³-hybridized carbons (Fsp3) is 0.0769. The fourth-order valence-electron chi connectivity index (χ4n) is 1.50. The lowest BCUT2D eigenvalue weighted by atomic mass is 10.0. The average molecular weight is 202 g/mol. The first-order chi connectivity index (χ1) is 7.27. The SMILES string of the molecule is OC(c1ccccc1)c1cccc(F)c1. The molecule has 15 heavy (non-hydrogen) atoms. The summed E-state index contributed by atoms with van der Waals surface area (Å²) < 4.78 is 12.9. The molecule has 0 saturated heterocycles. The number of aliphatic hydroxyl groups is 1. The van der Waals surface area contributed by atoms with Crippen molar-refractivity contribution in [2.75, 3.05) is 0 Å². The lowest BCUT2D eigenvalue weighted by Crippen LogP contribution is -1.99. The zero-order chi connectivity index (χ0) is 10.7. The van der Waals surface area contributed by atoms with E-state index in [4.69, 9.17) is 0 Å². The number of hydrogen-bond acceptors (Lipinski definition) is 1. The van der Waals surface area contributed by atoms with Gasteiger partial charge in [0.05, 0.1) is 0 Å². The fourth-order valence-corrected chi connectivity index (χ4v) is 1.50. The molecule has 0 radical (unpaired) electrons. The van der Waals surface area contributed by atoms with Crippen LogP contribution in [0.1, 0.15) is 17.2 Å². The minimum atomic E-state index is -0.762. The van der Waals surface area contributed by atoms with Crippen LogP contribution < -0.4 is 0 Å². The number of halogens is 1. The summed E-state index contributed by atoms with van der Waals surface area (Å²) in [5.74, 6) is -0.331. The van der Waals surface area contributed by atoms with Crippen LogP contribution in [0.3, 0.4) is 0 Å². The molecule has 0 spiro atoms. The van der Waals surface area contributed by atoms with Gasteiger partial charge in [-0.05, 0) is 23.3 Å². The summed E-state index contributed by atoms with van der Waals surface area (Å²) in [6.45, 7) is 0. The van der Waals surface area contributed by atoms with Gasteiger partial charge in [-0.2, -0.15) is 0 Å². The molecule has 2 aromatic carbocycles. The van der Waals surface area contributed by atoms with E-state index in [9.17, 15) is 9.50 Å². The monoisotopic (exact) mass is 202 g/mol. The Morgan fingerprint density at radius 2 is 1.53 bits per heavy atom. The van der Waals surface area contributed by atoms with E-state index in [0.717, 1.165) is 5.56 Å². The standard InChI is InChI=1S/C13H11FO/c14-12-8-4-7-11(9-12)13(15)10-5-2-1-3-6-10/h1-9,13,15H. The van der Waals surface area contributed by atoms with Crippen LogP contribution in [0.4, 0.5) is 4.39 Å². The summed E-state index contributed by atoms with van der Waals surface area (Å²) in [6, 6.07) is 15.2. The third-order valence-corrected chi connectivity index (χ3v) is 2.28. The van der Waals surface area contributed by atoms with Crippen LogP contribution in [0, 0.1) is 5.82 Å². The van der Waals surface area contributed by atoms with Crippen LogP contribution in [0.2, 0.25) is 0 Å². The van der Waals surface area contributed by atoms with Gasteiger partial charge in [0.1, 0.15) is 11.9 Å². The molecule has 0 bridgehead atoms. The van der Waals surface area contributed by atoms with Gasteiger partial charge in [0.2, 0.25) is 0 Å². The molecule has 76 valence electrons. The van der Waals surface area contributed by atoms with Crippen molar-refractivity contribution in [1.82, 2.24) is 0 Å². The third kappa shape index (κ3) is 2.22. The van der Waals surface area contributed by atoms with Crippen LogP contribution in [0.25, 0.3) is 0 Å². The summed E-state index contributed by atoms with van der Waals surface area (Å²) in [6.07, 6.45) is -0.762. The van der Waals surface area contributed by atoms with Gasteiger partial charge in [0.25, 0.3) is 0 Å². The number of hydrogen-bond donors (Lipinski definition) is 1. The van der Waals surface area contributed by atoms with Crippen LogP contribution >= 0.6 is 0 Å². The van der Waals surface area contributed by atoms with Crippen molar-refractivity contribution >= 4 is 0 Å². The molecule has 0 aliphatic rings. The highest BCUT2D eigenvalue weighted by Gasteiger charge is 2.09. The Balaban J connectivity index is 2.32. The van der Waals surface area contributed by atoms with Crippen molar-refractivity contribution in [3.05, 3.63) is 71.5 Å². The molecule has 0 aromatic heterocycles. The first kappa shape index (κ1) is 9.87. The summed E-state index contributed by atoms with van der Waals surface area (Å²) >= 11 is 0. The topological polar surface area (TPSA) is 20.2 Å². The number of aliphatic hydroxyl groups excluding tert-OH is 1. The van der Waals surface area contributed by atoms with Crippen LogP contribution in [0.15, 0.2) is 54.6 Å². The Kier molecular flexibility index (Phi) is 2.79. The lowest BCUT2D eigenvalue weighted by molar-refractivity contribution is 0.220. The summed E-state index contributed by atoms with van der Waals surface area (Å²) in [4.78, 5) is 0. The summed E-state index contributed by atoms with van der Waals surface area (Å²) in [5, 5.41) is 9.95. The molecule has 1 nitrogen and oxygen atoms in total.